The van der Waals surface area contributed by atoms with Crippen LogP contribution >= 0.6 is 0 Å². The van der Waals surface area contributed by atoms with Crippen molar-refractivity contribution in [3.8, 4) is 0 Å². The summed E-state index contributed by atoms with van der Waals surface area (Å²) in [6.07, 6.45) is -1.75. The first-order chi connectivity index (χ1) is 11.6. The van der Waals surface area contributed by atoms with Crippen LogP contribution in [0.2, 0.25) is 0 Å². The second-order valence-corrected chi connectivity index (χ2v) is 6.20. The van der Waals surface area contributed by atoms with Crippen LogP contribution in [-0.2, 0) is 25.9 Å². The van der Waals surface area contributed by atoms with Gasteiger partial charge in [0, 0.05) is 31.6 Å². The first-order valence-electron chi connectivity index (χ1n) is 7.93. The Morgan fingerprint density at radius 2 is 1.96 bits per heavy atom. The fourth-order valence-corrected chi connectivity index (χ4v) is 2.27. The van der Waals surface area contributed by atoms with Gasteiger partial charge in [-0.25, -0.2) is 14.5 Å². The number of alkyl halides is 3. The lowest BCUT2D eigenvalue weighted by molar-refractivity contribution is -0.143. The maximum absolute atomic E-state index is 12.7. The Hall–Kier alpha value is -2.39. The third-order valence-electron chi connectivity index (χ3n) is 3.54. The molecule has 2 heterocycles. The van der Waals surface area contributed by atoms with Crippen LogP contribution < -0.4 is 11.2 Å². The van der Waals surface area contributed by atoms with Crippen LogP contribution in [0.5, 0.6) is 0 Å². The van der Waals surface area contributed by atoms with Crippen molar-refractivity contribution in [1.82, 2.24) is 24.3 Å². The Bertz CT molecular complexity index is 820. The Morgan fingerprint density at radius 1 is 1.24 bits per heavy atom. The van der Waals surface area contributed by atoms with Gasteiger partial charge in [0.2, 0.25) is 0 Å². The molecule has 25 heavy (non-hydrogen) atoms. The topological polar surface area (TPSA) is 85.6 Å². The third kappa shape index (κ3) is 5.87. The Balaban J connectivity index is 2.18. The fraction of sp³-hybridized carbons (Fsp3) is 0.600. The Labute approximate surface area is 141 Å². The van der Waals surface area contributed by atoms with Crippen LogP contribution in [0.4, 0.5) is 13.2 Å². The first kappa shape index (κ1) is 18.9. The highest BCUT2D eigenvalue weighted by Crippen LogP contribution is 2.18. The summed E-state index contributed by atoms with van der Waals surface area (Å²) in [6, 6.07) is 1.18. The molecule has 2 aromatic heterocycles. The van der Waals surface area contributed by atoms with E-state index in [1.54, 1.807) is 0 Å². The summed E-state index contributed by atoms with van der Waals surface area (Å²) in [7, 11) is 0. The quantitative estimate of drug-likeness (QED) is 0.812. The molecular formula is C15H20F3N5O2. The number of H-pyrrole nitrogens is 1. The molecule has 2 rings (SSSR count). The van der Waals surface area contributed by atoms with E-state index >= 15 is 0 Å². The summed E-state index contributed by atoms with van der Waals surface area (Å²) >= 11 is 0. The number of aromatic amines is 1. The number of nitrogens with zero attached hydrogens (tertiary/aromatic N) is 4. The van der Waals surface area contributed by atoms with E-state index in [1.165, 1.54) is 16.8 Å². The number of halogens is 3. The molecule has 0 aromatic carbocycles. The molecule has 0 unspecified atom stereocenters. The standard InChI is InChI=1S/C15H20F3N5O2/c1-10(2)3-4-11-19-12(23(21-11)9-15(16,17)18)5-7-22-8-6-13(24)20-14(22)25/h6,8,10H,3-5,7,9H2,1-2H3,(H,20,24,25). The average molecular weight is 359 g/mol. The van der Waals surface area contributed by atoms with Gasteiger partial charge >= 0.3 is 11.9 Å². The van der Waals surface area contributed by atoms with E-state index in [-0.39, 0.29) is 18.8 Å². The van der Waals surface area contributed by atoms with E-state index in [9.17, 15) is 22.8 Å². The molecule has 0 spiro atoms. The Morgan fingerprint density at radius 3 is 2.56 bits per heavy atom. The van der Waals surface area contributed by atoms with Gasteiger partial charge in [0.05, 0.1) is 0 Å². The lowest BCUT2D eigenvalue weighted by Crippen LogP contribution is -2.29. The zero-order valence-electron chi connectivity index (χ0n) is 14.0. The van der Waals surface area contributed by atoms with Crippen molar-refractivity contribution in [3.05, 3.63) is 44.8 Å². The summed E-state index contributed by atoms with van der Waals surface area (Å²) in [5, 5.41) is 3.96. The first-order valence-corrected chi connectivity index (χ1v) is 7.93. The summed E-state index contributed by atoms with van der Waals surface area (Å²) in [5.41, 5.74) is -1.15. The number of rotatable bonds is 7. The maximum atomic E-state index is 12.7. The molecule has 2 aromatic rings. The average Bonchev–Trinajstić information content (AvgIpc) is 2.84. The van der Waals surface area contributed by atoms with E-state index in [2.05, 4.69) is 15.1 Å². The highest BCUT2D eigenvalue weighted by molar-refractivity contribution is 4.95. The second-order valence-electron chi connectivity index (χ2n) is 6.20. The van der Waals surface area contributed by atoms with Gasteiger partial charge < -0.3 is 4.57 Å². The zero-order chi connectivity index (χ0) is 18.6. The molecule has 7 nitrogen and oxygen atoms in total. The lowest BCUT2D eigenvalue weighted by Gasteiger charge is -2.09. The minimum absolute atomic E-state index is 0.0930. The molecule has 10 heteroatoms. The van der Waals surface area contributed by atoms with Crippen molar-refractivity contribution >= 4 is 0 Å². The number of hydrogen-bond donors (Lipinski definition) is 1. The molecule has 0 aliphatic rings. The van der Waals surface area contributed by atoms with E-state index in [1.807, 2.05) is 13.8 Å². The van der Waals surface area contributed by atoms with E-state index in [4.69, 9.17) is 0 Å². The van der Waals surface area contributed by atoms with Gasteiger partial charge in [-0.1, -0.05) is 13.8 Å². The van der Waals surface area contributed by atoms with Gasteiger partial charge in [0.1, 0.15) is 12.4 Å². The summed E-state index contributed by atoms with van der Waals surface area (Å²) < 4.78 is 40.2. The van der Waals surface area contributed by atoms with Crippen molar-refractivity contribution in [2.45, 2.75) is 52.4 Å². The van der Waals surface area contributed by atoms with Gasteiger partial charge in [0.15, 0.2) is 5.82 Å². The van der Waals surface area contributed by atoms with Crippen LogP contribution in [-0.4, -0.2) is 30.5 Å². The number of aromatic nitrogens is 5. The molecule has 0 radical (unpaired) electrons. The van der Waals surface area contributed by atoms with Gasteiger partial charge in [-0.2, -0.15) is 18.3 Å². The highest BCUT2D eigenvalue weighted by Gasteiger charge is 2.30. The molecule has 0 saturated heterocycles. The molecular weight excluding hydrogens is 339 g/mol. The molecule has 1 N–H and O–H groups in total. The minimum Gasteiger partial charge on any atom is -0.300 e. The SMILES string of the molecule is CC(C)CCc1nc(CCn2ccc(=O)[nH]c2=O)n(CC(F)(F)F)n1. The molecule has 0 aliphatic carbocycles. The number of nitrogens with one attached hydrogen (secondary N) is 1. The fourth-order valence-electron chi connectivity index (χ4n) is 2.27. The molecule has 0 fully saturated rings. The van der Waals surface area contributed by atoms with Crippen LogP contribution in [0.3, 0.4) is 0 Å². The molecule has 0 saturated carbocycles. The molecule has 0 bridgehead atoms. The van der Waals surface area contributed by atoms with Crippen molar-refractivity contribution in [1.29, 1.82) is 0 Å². The number of aryl methyl sites for hydroxylation is 3. The largest absolute Gasteiger partial charge is 0.408 e. The zero-order valence-corrected chi connectivity index (χ0v) is 14.0. The monoisotopic (exact) mass is 359 g/mol. The molecule has 0 amide bonds. The summed E-state index contributed by atoms with van der Waals surface area (Å²) in [5.74, 6) is 0.911. The van der Waals surface area contributed by atoms with Gasteiger partial charge in [-0.3, -0.25) is 9.78 Å². The maximum Gasteiger partial charge on any atom is 0.408 e. The summed E-state index contributed by atoms with van der Waals surface area (Å²) in [4.78, 5) is 29.0. The normalized spacial score (nSPS) is 12.1. The predicted octanol–water partition coefficient (Wildman–Crippen LogP) is 1.52. The minimum atomic E-state index is -4.41. The molecule has 138 valence electrons. The smallest absolute Gasteiger partial charge is 0.300 e. The van der Waals surface area contributed by atoms with Crippen LogP contribution in [0.25, 0.3) is 0 Å². The second kappa shape index (κ2) is 7.66. The van der Waals surface area contributed by atoms with Crippen molar-refractivity contribution < 1.29 is 13.2 Å². The summed E-state index contributed by atoms with van der Waals surface area (Å²) in [6.45, 7) is 2.89. The van der Waals surface area contributed by atoms with Gasteiger partial charge in [0.25, 0.3) is 5.56 Å². The van der Waals surface area contributed by atoms with E-state index in [0.29, 0.717) is 18.2 Å². The van der Waals surface area contributed by atoms with Crippen LogP contribution in [0.15, 0.2) is 21.9 Å². The van der Waals surface area contributed by atoms with Crippen molar-refractivity contribution in [2.75, 3.05) is 0 Å². The van der Waals surface area contributed by atoms with Gasteiger partial charge in [-0.05, 0) is 12.3 Å². The molecule has 0 atom stereocenters. The number of hydrogen-bond acceptors (Lipinski definition) is 4. The Kier molecular flexibility index (Phi) is 5.81. The van der Waals surface area contributed by atoms with Crippen molar-refractivity contribution in [2.24, 2.45) is 5.92 Å². The predicted molar refractivity (Wildman–Crippen MR) is 84.3 cm³/mol. The van der Waals surface area contributed by atoms with Crippen LogP contribution in [0.1, 0.15) is 31.9 Å². The van der Waals surface area contributed by atoms with E-state index in [0.717, 1.165) is 11.1 Å². The molecule has 0 aliphatic heterocycles. The lowest BCUT2D eigenvalue weighted by atomic mass is 10.1. The van der Waals surface area contributed by atoms with Crippen LogP contribution in [0, 0.1) is 5.92 Å². The highest BCUT2D eigenvalue weighted by atomic mass is 19.4. The van der Waals surface area contributed by atoms with Gasteiger partial charge in [-0.15, -0.1) is 0 Å². The third-order valence-corrected chi connectivity index (χ3v) is 3.54. The van der Waals surface area contributed by atoms with Crippen molar-refractivity contribution in [3.63, 3.8) is 0 Å². The van der Waals surface area contributed by atoms with E-state index < -0.39 is 24.0 Å².